The molecule has 1 aliphatic rings. The van der Waals surface area contributed by atoms with Crippen molar-refractivity contribution >= 4 is 0 Å². The van der Waals surface area contributed by atoms with Crippen LogP contribution in [-0.4, -0.2) is 19.5 Å². The SMILES string of the molecule is CC1C[C@H]1CNCC(F)F. The molecule has 0 aromatic heterocycles. The van der Waals surface area contributed by atoms with Crippen molar-refractivity contribution in [3.05, 3.63) is 0 Å². The lowest BCUT2D eigenvalue weighted by molar-refractivity contribution is 0.145. The van der Waals surface area contributed by atoms with Gasteiger partial charge in [-0.2, -0.15) is 0 Å². The van der Waals surface area contributed by atoms with E-state index in [1.54, 1.807) is 0 Å². The fraction of sp³-hybridized carbons (Fsp3) is 1.00. The minimum Gasteiger partial charge on any atom is -0.311 e. The van der Waals surface area contributed by atoms with Crippen LogP contribution in [0.2, 0.25) is 0 Å². The monoisotopic (exact) mass is 149 g/mol. The van der Waals surface area contributed by atoms with Crippen molar-refractivity contribution in [3.63, 3.8) is 0 Å². The first kappa shape index (κ1) is 7.92. The summed E-state index contributed by atoms with van der Waals surface area (Å²) in [5.41, 5.74) is 0. The van der Waals surface area contributed by atoms with Crippen LogP contribution in [-0.2, 0) is 0 Å². The van der Waals surface area contributed by atoms with E-state index < -0.39 is 6.43 Å². The summed E-state index contributed by atoms with van der Waals surface area (Å²) in [6.45, 7) is 2.77. The van der Waals surface area contributed by atoms with Gasteiger partial charge in [0.1, 0.15) is 0 Å². The average Bonchev–Trinajstić information content (AvgIpc) is 2.46. The van der Waals surface area contributed by atoms with Crippen LogP contribution in [0.5, 0.6) is 0 Å². The average molecular weight is 149 g/mol. The molecule has 0 heterocycles. The Morgan fingerprint density at radius 3 is 2.60 bits per heavy atom. The molecule has 2 atom stereocenters. The smallest absolute Gasteiger partial charge is 0.250 e. The molecule has 10 heavy (non-hydrogen) atoms. The molecule has 0 radical (unpaired) electrons. The van der Waals surface area contributed by atoms with Gasteiger partial charge in [-0.15, -0.1) is 0 Å². The van der Waals surface area contributed by atoms with Crippen LogP contribution >= 0.6 is 0 Å². The van der Waals surface area contributed by atoms with E-state index in [1.165, 1.54) is 6.42 Å². The molecule has 0 saturated heterocycles. The molecule has 0 aromatic carbocycles. The normalized spacial score (nSPS) is 31.2. The lowest BCUT2D eigenvalue weighted by Gasteiger charge is -2.00. The third-order valence-electron chi connectivity index (χ3n) is 1.98. The quantitative estimate of drug-likeness (QED) is 0.638. The Kier molecular flexibility index (Phi) is 2.60. The summed E-state index contributed by atoms with van der Waals surface area (Å²) in [6, 6.07) is 0. The first-order valence-electron chi connectivity index (χ1n) is 3.69. The van der Waals surface area contributed by atoms with Crippen molar-refractivity contribution < 1.29 is 8.78 Å². The van der Waals surface area contributed by atoms with E-state index >= 15 is 0 Å². The third kappa shape index (κ3) is 2.60. The Balaban J connectivity index is 1.87. The highest BCUT2D eigenvalue weighted by Crippen LogP contribution is 2.36. The molecule has 60 valence electrons. The largest absolute Gasteiger partial charge is 0.311 e. The van der Waals surface area contributed by atoms with Gasteiger partial charge in [0.15, 0.2) is 0 Å². The maximum atomic E-state index is 11.5. The Labute approximate surface area is 59.8 Å². The van der Waals surface area contributed by atoms with Gasteiger partial charge in [-0.05, 0) is 24.8 Å². The molecule has 0 aromatic rings. The summed E-state index contributed by atoms with van der Waals surface area (Å²) in [5, 5.41) is 2.73. The van der Waals surface area contributed by atoms with E-state index in [-0.39, 0.29) is 6.54 Å². The lowest BCUT2D eigenvalue weighted by atomic mass is 10.3. The highest BCUT2D eigenvalue weighted by atomic mass is 19.3. The Bertz CT molecular complexity index is 106. The standard InChI is InChI=1S/C7H13F2N/c1-5-2-6(5)3-10-4-7(8)9/h5-7,10H,2-4H2,1H3/t5?,6-/m0/s1. The molecule has 0 amide bonds. The van der Waals surface area contributed by atoms with Gasteiger partial charge in [0.2, 0.25) is 0 Å². The third-order valence-corrected chi connectivity index (χ3v) is 1.98. The molecular formula is C7H13F2N. The molecule has 0 spiro atoms. The zero-order valence-electron chi connectivity index (χ0n) is 6.11. The van der Waals surface area contributed by atoms with E-state index in [1.807, 2.05) is 0 Å². The second-order valence-electron chi connectivity index (χ2n) is 3.02. The van der Waals surface area contributed by atoms with Gasteiger partial charge < -0.3 is 5.32 Å². The fourth-order valence-electron chi connectivity index (χ4n) is 1.06. The van der Waals surface area contributed by atoms with E-state index in [2.05, 4.69) is 12.2 Å². The van der Waals surface area contributed by atoms with Crippen LogP contribution in [0.3, 0.4) is 0 Å². The number of hydrogen-bond donors (Lipinski definition) is 1. The molecule has 1 saturated carbocycles. The van der Waals surface area contributed by atoms with Crippen LogP contribution in [0.25, 0.3) is 0 Å². The topological polar surface area (TPSA) is 12.0 Å². The number of alkyl halides is 2. The highest BCUT2D eigenvalue weighted by molar-refractivity contribution is 4.83. The van der Waals surface area contributed by atoms with Gasteiger partial charge in [-0.3, -0.25) is 0 Å². The molecule has 0 aliphatic heterocycles. The van der Waals surface area contributed by atoms with E-state index in [0.717, 1.165) is 12.5 Å². The number of halogens is 2. The van der Waals surface area contributed by atoms with Crippen molar-refractivity contribution in [1.82, 2.24) is 5.32 Å². The summed E-state index contributed by atoms with van der Waals surface area (Å²) in [4.78, 5) is 0. The van der Waals surface area contributed by atoms with Gasteiger partial charge in [-0.25, -0.2) is 8.78 Å². The molecule has 1 unspecified atom stereocenters. The van der Waals surface area contributed by atoms with Gasteiger partial charge in [-0.1, -0.05) is 6.92 Å². The molecule has 1 fully saturated rings. The van der Waals surface area contributed by atoms with E-state index in [4.69, 9.17) is 0 Å². The number of hydrogen-bond acceptors (Lipinski definition) is 1. The van der Waals surface area contributed by atoms with Crippen LogP contribution in [0, 0.1) is 11.8 Å². The van der Waals surface area contributed by atoms with Gasteiger partial charge in [0.05, 0.1) is 6.54 Å². The van der Waals surface area contributed by atoms with E-state index in [9.17, 15) is 8.78 Å². The zero-order valence-corrected chi connectivity index (χ0v) is 6.11. The molecule has 0 bridgehead atoms. The van der Waals surface area contributed by atoms with Gasteiger partial charge >= 0.3 is 0 Å². The van der Waals surface area contributed by atoms with Crippen molar-refractivity contribution in [2.75, 3.05) is 13.1 Å². The minimum absolute atomic E-state index is 0.150. The first-order chi connectivity index (χ1) is 4.70. The van der Waals surface area contributed by atoms with Gasteiger partial charge in [0.25, 0.3) is 6.43 Å². The second-order valence-corrected chi connectivity index (χ2v) is 3.02. The summed E-state index contributed by atoms with van der Waals surface area (Å²) < 4.78 is 23.1. The molecular weight excluding hydrogens is 136 g/mol. The predicted molar refractivity (Wildman–Crippen MR) is 36.1 cm³/mol. The maximum absolute atomic E-state index is 11.5. The van der Waals surface area contributed by atoms with Crippen LogP contribution in [0.15, 0.2) is 0 Å². The summed E-state index contributed by atoms with van der Waals surface area (Å²) in [5.74, 6) is 1.42. The van der Waals surface area contributed by atoms with Crippen LogP contribution in [0.1, 0.15) is 13.3 Å². The first-order valence-corrected chi connectivity index (χ1v) is 3.69. The second kappa shape index (κ2) is 3.28. The number of nitrogens with one attached hydrogen (secondary N) is 1. The maximum Gasteiger partial charge on any atom is 0.250 e. The molecule has 1 aliphatic carbocycles. The predicted octanol–water partition coefficient (Wildman–Crippen LogP) is 1.50. The highest BCUT2D eigenvalue weighted by Gasteiger charge is 2.31. The Morgan fingerprint density at radius 2 is 2.20 bits per heavy atom. The Hall–Kier alpha value is -0.180. The van der Waals surface area contributed by atoms with Crippen molar-refractivity contribution in [1.29, 1.82) is 0 Å². The minimum atomic E-state index is -2.20. The molecule has 1 nitrogen and oxygen atoms in total. The summed E-state index contributed by atoms with van der Waals surface area (Å²) >= 11 is 0. The van der Waals surface area contributed by atoms with Crippen LogP contribution in [0.4, 0.5) is 8.78 Å². The fourth-order valence-corrected chi connectivity index (χ4v) is 1.06. The molecule has 1 rings (SSSR count). The van der Waals surface area contributed by atoms with E-state index in [0.29, 0.717) is 5.92 Å². The number of rotatable bonds is 4. The van der Waals surface area contributed by atoms with Gasteiger partial charge in [0, 0.05) is 0 Å². The van der Waals surface area contributed by atoms with Crippen LogP contribution < -0.4 is 5.32 Å². The summed E-state index contributed by atoms with van der Waals surface area (Å²) in [6.07, 6.45) is -0.995. The lowest BCUT2D eigenvalue weighted by Crippen LogP contribution is -2.23. The molecule has 3 heteroatoms. The summed E-state index contributed by atoms with van der Waals surface area (Å²) in [7, 11) is 0. The Morgan fingerprint density at radius 1 is 1.60 bits per heavy atom. The van der Waals surface area contributed by atoms with Crippen molar-refractivity contribution in [2.45, 2.75) is 19.8 Å². The van der Waals surface area contributed by atoms with Crippen molar-refractivity contribution in [3.8, 4) is 0 Å². The zero-order chi connectivity index (χ0) is 7.56. The molecule has 1 N–H and O–H groups in total. The van der Waals surface area contributed by atoms with Crippen molar-refractivity contribution in [2.24, 2.45) is 11.8 Å².